The zero-order valence-corrected chi connectivity index (χ0v) is 10.8. The molecule has 4 N–H and O–H groups in total. The van der Waals surface area contributed by atoms with E-state index >= 15 is 0 Å². The van der Waals surface area contributed by atoms with Gasteiger partial charge in [0.25, 0.3) is 0 Å². The van der Waals surface area contributed by atoms with E-state index in [4.69, 9.17) is 5.73 Å². The number of aliphatic hydroxyl groups is 2. The normalized spacial score (nSPS) is 14.3. The largest absolute Gasteiger partial charge is 0.389 e. The van der Waals surface area contributed by atoms with Crippen LogP contribution < -0.4 is 5.73 Å². The van der Waals surface area contributed by atoms with Crippen molar-refractivity contribution in [1.82, 2.24) is 0 Å². The van der Waals surface area contributed by atoms with E-state index in [1.165, 1.54) is 19.1 Å². The molecule has 2 unspecified atom stereocenters. The van der Waals surface area contributed by atoms with Gasteiger partial charge in [0.05, 0.1) is 6.10 Å². The first-order valence-corrected chi connectivity index (χ1v) is 6.42. The molecule has 0 saturated heterocycles. The van der Waals surface area contributed by atoms with Crippen LogP contribution in [0.1, 0.15) is 24.2 Å². The second-order valence-corrected chi connectivity index (χ2v) is 5.06. The van der Waals surface area contributed by atoms with Gasteiger partial charge in [-0.3, -0.25) is 4.79 Å². The molecule has 100 valence electrons. The summed E-state index contributed by atoms with van der Waals surface area (Å²) in [5.74, 6) is -0.454. The van der Waals surface area contributed by atoms with Gasteiger partial charge >= 0.3 is 0 Å². The molecule has 0 fully saturated rings. The average molecular weight is 273 g/mol. The van der Waals surface area contributed by atoms with Crippen molar-refractivity contribution in [2.45, 2.75) is 25.7 Å². The second kappa shape index (κ2) is 6.84. The smallest absolute Gasteiger partial charge is 0.185 e. The van der Waals surface area contributed by atoms with Crippen LogP contribution in [0.15, 0.2) is 18.2 Å². The molecule has 0 aliphatic rings. The van der Waals surface area contributed by atoms with E-state index in [2.05, 4.69) is 0 Å². The summed E-state index contributed by atoms with van der Waals surface area (Å²) >= 11 is 0.906. The first-order valence-electron chi connectivity index (χ1n) is 5.43. The molecular formula is C12H16FNO3S. The van der Waals surface area contributed by atoms with E-state index in [9.17, 15) is 19.4 Å². The van der Waals surface area contributed by atoms with Gasteiger partial charge in [-0.05, 0) is 23.3 Å². The van der Waals surface area contributed by atoms with E-state index < -0.39 is 18.0 Å². The fraction of sp³-hybridized carbons (Fsp3) is 0.417. The molecule has 1 rings (SSSR count). The fourth-order valence-electron chi connectivity index (χ4n) is 1.53. The van der Waals surface area contributed by atoms with Gasteiger partial charge in [-0.15, -0.1) is 0 Å². The second-order valence-electron chi connectivity index (χ2n) is 3.86. The maximum Gasteiger partial charge on any atom is 0.185 e. The molecule has 0 aliphatic heterocycles. The lowest BCUT2D eigenvalue weighted by atomic mass is 9.99. The van der Waals surface area contributed by atoms with Gasteiger partial charge in [-0.25, -0.2) is 4.39 Å². The average Bonchev–Trinajstić information content (AvgIpc) is 2.34. The van der Waals surface area contributed by atoms with Crippen LogP contribution >= 0.6 is 11.8 Å². The monoisotopic (exact) mass is 273 g/mol. The lowest BCUT2D eigenvalue weighted by molar-refractivity contribution is -0.109. The van der Waals surface area contributed by atoms with Gasteiger partial charge < -0.3 is 15.9 Å². The number of carbonyl (C=O) groups is 1. The molecule has 0 aliphatic carbocycles. The Morgan fingerprint density at radius 2 is 2.17 bits per heavy atom. The number of aliphatic hydroxyl groups excluding tert-OH is 2. The fourth-order valence-corrected chi connectivity index (χ4v) is 2.12. The molecule has 0 spiro atoms. The van der Waals surface area contributed by atoms with Crippen LogP contribution in [-0.2, 0) is 11.3 Å². The molecule has 0 saturated carbocycles. The van der Waals surface area contributed by atoms with Crippen molar-refractivity contribution < 1.29 is 19.4 Å². The summed E-state index contributed by atoms with van der Waals surface area (Å²) in [7, 11) is 0. The van der Waals surface area contributed by atoms with E-state index in [0.29, 0.717) is 5.56 Å². The lowest BCUT2D eigenvalue weighted by Crippen LogP contribution is -2.23. The van der Waals surface area contributed by atoms with Crippen molar-refractivity contribution in [3.63, 3.8) is 0 Å². The summed E-state index contributed by atoms with van der Waals surface area (Å²) < 4.78 is 13.1. The summed E-state index contributed by atoms with van der Waals surface area (Å²) in [6.07, 6.45) is -2.41. The molecule has 0 heterocycles. The molecule has 0 amide bonds. The molecule has 2 atom stereocenters. The molecule has 6 heteroatoms. The van der Waals surface area contributed by atoms with Gasteiger partial charge in [-0.2, -0.15) is 0 Å². The topological polar surface area (TPSA) is 83.5 Å². The van der Waals surface area contributed by atoms with Crippen LogP contribution in [0.5, 0.6) is 0 Å². The molecule has 1 aromatic rings. The highest BCUT2D eigenvalue weighted by molar-refractivity contribution is 8.13. The van der Waals surface area contributed by atoms with Crippen LogP contribution in [0.25, 0.3) is 0 Å². The van der Waals surface area contributed by atoms with E-state index in [1.54, 1.807) is 0 Å². The Balaban J connectivity index is 2.84. The predicted octanol–water partition coefficient (Wildman–Crippen LogP) is 0.958. The van der Waals surface area contributed by atoms with Crippen molar-refractivity contribution in [1.29, 1.82) is 0 Å². The van der Waals surface area contributed by atoms with Gasteiger partial charge in [0.1, 0.15) is 11.9 Å². The van der Waals surface area contributed by atoms with Crippen molar-refractivity contribution in [2.75, 3.05) is 5.75 Å². The Hall–Kier alpha value is -0.950. The Kier molecular flexibility index (Phi) is 5.74. The summed E-state index contributed by atoms with van der Waals surface area (Å²) in [6, 6.07) is 3.86. The van der Waals surface area contributed by atoms with Gasteiger partial charge in [0, 0.05) is 19.2 Å². The lowest BCUT2D eigenvalue weighted by Gasteiger charge is -2.20. The third-order valence-corrected chi connectivity index (χ3v) is 3.38. The number of halogens is 1. The van der Waals surface area contributed by atoms with Crippen LogP contribution in [0, 0.1) is 5.82 Å². The summed E-state index contributed by atoms with van der Waals surface area (Å²) in [5, 5.41) is 19.5. The number of thioether (sulfide) groups is 1. The third kappa shape index (κ3) is 4.06. The molecular weight excluding hydrogens is 257 g/mol. The Morgan fingerprint density at radius 1 is 1.50 bits per heavy atom. The standard InChI is InChI=1S/C12H16FNO3S/c1-7(15)18-6-11(16)12(17)10-4-9(13)3-2-8(10)5-14/h2-4,11-12,16-17H,5-6,14H2,1H3. The summed E-state index contributed by atoms with van der Waals surface area (Å²) in [5.41, 5.74) is 6.31. The SMILES string of the molecule is CC(=O)SCC(O)C(O)c1cc(F)ccc1CN. The minimum absolute atomic E-state index is 0.0526. The molecule has 0 bridgehead atoms. The molecule has 18 heavy (non-hydrogen) atoms. The number of hydrogen-bond acceptors (Lipinski definition) is 5. The molecule has 4 nitrogen and oxygen atoms in total. The van der Waals surface area contributed by atoms with E-state index in [0.717, 1.165) is 17.8 Å². The zero-order valence-electron chi connectivity index (χ0n) is 9.97. The maximum atomic E-state index is 13.1. The van der Waals surface area contributed by atoms with Crippen LogP contribution in [0.4, 0.5) is 4.39 Å². The number of benzene rings is 1. The summed E-state index contributed by atoms with van der Waals surface area (Å²) in [6.45, 7) is 1.51. The Morgan fingerprint density at radius 3 is 2.72 bits per heavy atom. The maximum absolute atomic E-state index is 13.1. The highest BCUT2D eigenvalue weighted by atomic mass is 32.2. The zero-order chi connectivity index (χ0) is 13.7. The van der Waals surface area contributed by atoms with Crippen molar-refractivity contribution in [3.8, 4) is 0 Å². The molecule has 1 aromatic carbocycles. The molecule has 0 aromatic heterocycles. The molecule has 0 radical (unpaired) electrons. The van der Waals surface area contributed by atoms with Gasteiger partial charge in [0.15, 0.2) is 5.12 Å². The first kappa shape index (κ1) is 15.1. The van der Waals surface area contributed by atoms with Crippen LogP contribution in [0.3, 0.4) is 0 Å². The number of hydrogen-bond donors (Lipinski definition) is 3. The Bertz CT molecular complexity index is 428. The van der Waals surface area contributed by atoms with Crippen molar-refractivity contribution >= 4 is 16.9 Å². The third-order valence-electron chi connectivity index (χ3n) is 2.47. The highest BCUT2D eigenvalue weighted by Gasteiger charge is 2.21. The van der Waals surface area contributed by atoms with Crippen molar-refractivity contribution in [2.24, 2.45) is 5.73 Å². The first-order chi connectivity index (χ1) is 8.45. The minimum atomic E-state index is -1.26. The van der Waals surface area contributed by atoms with Crippen molar-refractivity contribution in [3.05, 3.63) is 35.1 Å². The number of rotatable bonds is 5. The quantitative estimate of drug-likeness (QED) is 0.744. The highest BCUT2D eigenvalue weighted by Crippen LogP contribution is 2.24. The van der Waals surface area contributed by atoms with Gasteiger partial charge in [0.2, 0.25) is 0 Å². The Labute approximate surface area is 109 Å². The number of carbonyl (C=O) groups excluding carboxylic acids is 1. The van der Waals surface area contributed by atoms with E-state index in [-0.39, 0.29) is 23.0 Å². The van der Waals surface area contributed by atoms with Crippen LogP contribution in [0.2, 0.25) is 0 Å². The summed E-state index contributed by atoms with van der Waals surface area (Å²) in [4.78, 5) is 10.8. The van der Waals surface area contributed by atoms with E-state index in [1.807, 2.05) is 0 Å². The number of nitrogens with two attached hydrogens (primary N) is 1. The van der Waals surface area contributed by atoms with Gasteiger partial charge in [-0.1, -0.05) is 17.8 Å². The minimum Gasteiger partial charge on any atom is -0.389 e. The van der Waals surface area contributed by atoms with Crippen LogP contribution in [-0.4, -0.2) is 27.2 Å². The predicted molar refractivity (Wildman–Crippen MR) is 68.4 cm³/mol.